The first kappa shape index (κ1) is 17.0. The van der Waals surface area contributed by atoms with Crippen LogP contribution >= 0.6 is 22.9 Å². The molecule has 0 saturated heterocycles. The third-order valence-corrected chi connectivity index (χ3v) is 4.89. The van der Waals surface area contributed by atoms with Crippen LogP contribution in [0.5, 0.6) is 0 Å². The van der Waals surface area contributed by atoms with Crippen molar-refractivity contribution in [1.82, 2.24) is 14.3 Å². The summed E-state index contributed by atoms with van der Waals surface area (Å²) in [5.74, 6) is -0.106. The Kier molecular flexibility index (Phi) is 4.89. The Morgan fingerprint density at radius 2 is 2.08 bits per heavy atom. The first-order valence-electron chi connectivity index (χ1n) is 7.65. The molecule has 1 N–H and O–H groups in total. The molecule has 0 bridgehead atoms. The number of rotatable bonds is 5. The first-order valence-corrected chi connectivity index (χ1v) is 8.91. The Morgan fingerprint density at radius 1 is 1.38 bits per heavy atom. The van der Waals surface area contributed by atoms with E-state index < -0.39 is 0 Å². The summed E-state index contributed by atoms with van der Waals surface area (Å²) in [7, 11) is 0. The fraction of sp³-hybridized carbons (Fsp3) is 0.294. The fourth-order valence-corrected chi connectivity index (χ4v) is 3.52. The van der Waals surface area contributed by atoms with Crippen molar-refractivity contribution in [3.05, 3.63) is 46.6 Å². The number of aliphatic hydroxyl groups is 1. The molecule has 0 aliphatic rings. The lowest BCUT2D eigenvalue weighted by atomic mass is 10.2. The van der Waals surface area contributed by atoms with Gasteiger partial charge in [0.15, 0.2) is 4.96 Å². The number of carbonyl (C=O) groups is 1. The quantitative estimate of drug-likeness (QED) is 0.754. The third kappa shape index (κ3) is 3.17. The molecule has 2 aromatic heterocycles. The van der Waals surface area contributed by atoms with Gasteiger partial charge >= 0.3 is 0 Å². The van der Waals surface area contributed by atoms with E-state index in [1.807, 2.05) is 54.1 Å². The molecular weight excluding hydrogens is 346 g/mol. The average molecular weight is 364 g/mol. The van der Waals surface area contributed by atoms with Gasteiger partial charge in [-0.05, 0) is 26.0 Å². The van der Waals surface area contributed by atoms with E-state index in [4.69, 9.17) is 11.6 Å². The third-order valence-electron chi connectivity index (χ3n) is 3.79. The standard InChI is InChI=1S/C17H18ClN3O2S/c1-11(2)20(7-8-22)16(23)15-10-24-17-19-14(9-21(15)17)12-3-5-13(18)6-4-12/h3-6,9-11,22H,7-8H2,1-2H3. The largest absolute Gasteiger partial charge is 0.395 e. The molecule has 0 aliphatic heterocycles. The van der Waals surface area contributed by atoms with Crippen molar-refractivity contribution >= 4 is 33.8 Å². The molecule has 1 amide bonds. The van der Waals surface area contributed by atoms with E-state index in [0.717, 1.165) is 16.2 Å². The van der Waals surface area contributed by atoms with Gasteiger partial charge in [0.1, 0.15) is 5.69 Å². The molecule has 126 valence electrons. The molecule has 0 radical (unpaired) electrons. The molecule has 0 unspecified atom stereocenters. The van der Waals surface area contributed by atoms with Gasteiger partial charge in [-0.3, -0.25) is 9.20 Å². The highest BCUT2D eigenvalue weighted by molar-refractivity contribution is 7.15. The minimum Gasteiger partial charge on any atom is -0.395 e. The lowest BCUT2D eigenvalue weighted by Gasteiger charge is -2.25. The predicted octanol–water partition coefficient (Wildman–Crippen LogP) is 3.56. The van der Waals surface area contributed by atoms with Crippen molar-refractivity contribution < 1.29 is 9.90 Å². The molecule has 0 saturated carbocycles. The van der Waals surface area contributed by atoms with E-state index in [9.17, 15) is 9.90 Å². The van der Waals surface area contributed by atoms with Gasteiger partial charge in [0.05, 0.1) is 12.3 Å². The zero-order chi connectivity index (χ0) is 17.3. The fourth-order valence-electron chi connectivity index (χ4n) is 2.55. The van der Waals surface area contributed by atoms with Crippen LogP contribution in [0.15, 0.2) is 35.8 Å². The van der Waals surface area contributed by atoms with Gasteiger partial charge in [-0.1, -0.05) is 23.7 Å². The normalized spacial score (nSPS) is 11.4. The second-order valence-electron chi connectivity index (χ2n) is 5.72. The zero-order valence-corrected chi connectivity index (χ0v) is 15.0. The average Bonchev–Trinajstić information content (AvgIpc) is 3.12. The van der Waals surface area contributed by atoms with Gasteiger partial charge in [-0.15, -0.1) is 11.3 Å². The summed E-state index contributed by atoms with van der Waals surface area (Å²) in [6.45, 7) is 4.12. The Bertz CT molecular complexity index is 854. The van der Waals surface area contributed by atoms with Crippen LogP contribution in [0.4, 0.5) is 0 Å². The van der Waals surface area contributed by atoms with Crippen molar-refractivity contribution in [3.8, 4) is 11.3 Å². The Balaban J connectivity index is 1.98. The van der Waals surface area contributed by atoms with Crippen LogP contribution in [0.1, 0.15) is 24.3 Å². The summed E-state index contributed by atoms with van der Waals surface area (Å²) in [6.07, 6.45) is 1.86. The van der Waals surface area contributed by atoms with E-state index in [-0.39, 0.29) is 18.6 Å². The van der Waals surface area contributed by atoms with Gasteiger partial charge in [0.25, 0.3) is 5.91 Å². The van der Waals surface area contributed by atoms with E-state index >= 15 is 0 Å². The van der Waals surface area contributed by atoms with Gasteiger partial charge in [-0.2, -0.15) is 0 Å². The van der Waals surface area contributed by atoms with Crippen LogP contribution in [-0.2, 0) is 0 Å². The van der Waals surface area contributed by atoms with Gasteiger partial charge in [0.2, 0.25) is 0 Å². The number of thiazole rings is 1. The highest BCUT2D eigenvalue weighted by atomic mass is 35.5. The van der Waals surface area contributed by atoms with Gasteiger partial charge < -0.3 is 10.0 Å². The molecule has 0 atom stereocenters. The monoisotopic (exact) mass is 363 g/mol. The molecule has 0 fully saturated rings. The van der Waals surface area contributed by atoms with E-state index in [0.29, 0.717) is 17.3 Å². The molecule has 1 aromatic carbocycles. The van der Waals surface area contributed by atoms with E-state index in [2.05, 4.69) is 4.98 Å². The van der Waals surface area contributed by atoms with Crippen molar-refractivity contribution in [3.63, 3.8) is 0 Å². The second-order valence-corrected chi connectivity index (χ2v) is 7.00. The lowest BCUT2D eigenvalue weighted by molar-refractivity contribution is 0.0658. The van der Waals surface area contributed by atoms with Gasteiger partial charge in [-0.25, -0.2) is 4.98 Å². The number of benzene rings is 1. The van der Waals surface area contributed by atoms with E-state index in [1.165, 1.54) is 11.3 Å². The highest BCUT2D eigenvalue weighted by Gasteiger charge is 2.22. The number of carbonyl (C=O) groups excluding carboxylic acids is 1. The molecule has 3 aromatic rings. The number of halogens is 1. The summed E-state index contributed by atoms with van der Waals surface area (Å²) in [5.41, 5.74) is 2.31. The number of imidazole rings is 1. The summed E-state index contributed by atoms with van der Waals surface area (Å²) in [5, 5.41) is 11.7. The van der Waals surface area contributed by atoms with Crippen molar-refractivity contribution in [1.29, 1.82) is 0 Å². The molecule has 0 aliphatic carbocycles. The SMILES string of the molecule is CC(C)N(CCO)C(=O)c1csc2nc(-c3ccc(Cl)cc3)cn12. The highest BCUT2D eigenvalue weighted by Crippen LogP contribution is 2.25. The number of aromatic nitrogens is 2. The van der Waals surface area contributed by atoms with Crippen LogP contribution in [-0.4, -0.2) is 44.5 Å². The summed E-state index contributed by atoms with van der Waals surface area (Å²) in [4.78, 5) is 19.8. The Hall–Kier alpha value is -1.89. The molecule has 24 heavy (non-hydrogen) atoms. The number of nitrogens with zero attached hydrogens (tertiary/aromatic N) is 3. The maximum absolute atomic E-state index is 12.8. The number of amides is 1. The molecule has 3 rings (SSSR count). The van der Waals surface area contributed by atoms with Crippen LogP contribution < -0.4 is 0 Å². The molecular formula is C17H18ClN3O2S. The molecule has 5 nitrogen and oxygen atoms in total. The second kappa shape index (κ2) is 6.93. The first-order chi connectivity index (χ1) is 11.5. The molecule has 2 heterocycles. The predicted molar refractivity (Wildman–Crippen MR) is 96.8 cm³/mol. The van der Waals surface area contributed by atoms with Crippen molar-refractivity contribution in [2.45, 2.75) is 19.9 Å². The summed E-state index contributed by atoms with van der Waals surface area (Å²) >= 11 is 7.35. The maximum atomic E-state index is 12.8. The number of hydrogen-bond donors (Lipinski definition) is 1. The number of aliphatic hydroxyl groups excluding tert-OH is 1. The maximum Gasteiger partial charge on any atom is 0.272 e. The van der Waals surface area contributed by atoms with Gasteiger partial charge in [0, 0.05) is 34.7 Å². The topological polar surface area (TPSA) is 57.8 Å². The number of hydrogen-bond acceptors (Lipinski definition) is 4. The number of fused-ring (bicyclic) bond motifs is 1. The van der Waals surface area contributed by atoms with Crippen molar-refractivity contribution in [2.75, 3.05) is 13.2 Å². The van der Waals surface area contributed by atoms with E-state index in [1.54, 1.807) is 4.90 Å². The summed E-state index contributed by atoms with van der Waals surface area (Å²) < 4.78 is 1.81. The van der Waals surface area contributed by atoms with Crippen LogP contribution in [0, 0.1) is 0 Å². The Morgan fingerprint density at radius 3 is 2.71 bits per heavy atom. The van der Waals surface area contributed by atoms with Crippen LogP contribution in [0.25, 0.3) is 16.2 Å². The Labute approximate surface area is 149 Å². The zero-order valence-electron chi connectivity index (χ0n) is 13.4. The minimum absolute atomic E-state index is 0.0128. The molecule has 0 spiro atoms. The summed E-state index contributed by atoms with van der Waals surface area (Å²) in [6, 6.07) is 7.46. The molecule has 7 heteroatoms. The van der Waals surface area contributed by atoms with Crippen LogP contribution in [0.2, 0.25) is 5.02 Å². The smallest absolute Gasteiger partial charge is 0.272 e. The van der Waals surface area contributed by atoms with Crippen molar-refractivity contribution in [2.24, 2.45) is 0 Å². The van der Waals surface area contributed by atoms with Crippen LogP contribution in [0.3, 0.4) is 0 Å². The minimum atomic E-state index is -0.106. The lowest BCUT2D eigenvalue weighted by Crippen LogP contribution is -2.39.